The molecular weight excluding hydrogens is 128 g/mol. The van der Waals surface area contributed by atoms with Crippen LogP contribution in [-0.2, 0) is 0 Å². The van der Waals surface area contributed by atoms with Crippen molar-refractivity contribution in [2.24, 2.45) is 26.6 Å². The first kappa shape index (κ1) is 7.31. The number of rotatable bonds is 2. The smallest absolute Gasteiger partial charge is 0.134 e. The maximum absolute atomic E-state index is 3.98. The zero-order valence-electron chi connectivity index (χ0n) is 6.57. The second-order valence-electron chi connectivity index (χ2n) is 2.77. The van der Waals surface area contributed by atoms with Gasteiger partial charge in [-0.15, -0.1) is 10.2 Å². The Hall–Kier alpha value is -0.800. The summed E-state index contributed by atoms with van der Waals surface area (Å²) in [4.78, 5) is 0. The van der Waals surface area contributed by atoms with Gasteiger partial charge in [0.1, 0.15) is 0 Å². The maximum atomic E-state index is 3.98. The standard InChI is InChI=1S/C6H12N4/c1-4-6(5(2)3)7-9-10-8-6/h5H,4H2,1-3H3. The summed E-state index contributed by atoms with van der Waals surface area (Å²) < 4.78 is 0. The first-order valence-corrected chi connectivity index (χ1v) is 3.55. The second-order valence-corrected chi connectivity index (χ2v) is 2.77. The van der Waals surface area contributed by atoms with Crippen LogP contribution in [0.15, 0.2) is 20.7 Å². The fourth-order valence-electron chi connectivity index (χ4n) is 0.995. The third-order valence-corrected chi connectivity index (χ3v) is 1.92. The molecule has 0 aromatic carbocycles. The van der Waals surface area contributed by atoms with E-state index in [0.29, 0.717) is 5.92 Å². The molecule has 56 valence electrons. The number of nitrogens with zero attached hydrogens (tertiary/aromatic N) is 4. The van der Waals surface area contributed by atoms with Gasteiger partial charge in [0, 0.05) is 5.92 Å². The fourth-order valence-corrected chi connectivity index (χ4v) is 0.995. The Morgan fingerprint density at radius 2 is 1.70 bits per heavy atom. The van der Waals surface area contributed by atoms with Crippen LogP contribution in [0.25, 0.3) is 0 Å². The summed E-state index contributed by atoms with van der Waals surface area (Å²) in [5.74, 6) is 0.382. The molecule has 0 saturated carbocycles. The predicted octanol–water partition coefficient (Wildman–Crippen LogP) is 2.58. The Kier molecular flexibility index (Phi) is 1.78. The average molecular weight is 140 g/mol. The van der Waals surface area contributed by atoms with Crippen molar-refractivity contribution < 1.29 is 0 Å². The molecule has 0 atom stereocenters. The third kappa shape index (κ3) is 0.936. The summed E-state index contributed by atoms with van der Waals surface area (Å²) in [6.07, 6.45) is 0.873. The first-order valence-electron chi connectivity index (χ1n) is 3.55. The first-order chi connectivity index (χ1) is 4.71. The minimum Gasteiger partial charge on any atom is -0.134 e. The average Bonchev–Trinajstić information content (AvgIpc) is 2.35. The topological polar surface area (TPSA) is 49.4 Å². The molecule has 0 radical (unpaired) electrons. The highest BCUT2D eigenvalue weighted by molar-refractivity contribution is 4.86. The lowest BCUT2D eigenvalue weighted by Gasteiger charge is -2.21. The van der Waals surface area contributed by atoms with Gasteiger partial charge in [0.15, 0.2) is 5.66 Å². The van der Waals surface area contributed by atoms with E-state index in [9.17, 15) is 0 Å². The van der Waals surface area contributed by atoms with Crippen LogP contribution in [-0.4, -0.2) is 5.66 Å². The van der Waals surface area contributed by atoms with Crippen molar-refractivity contribution in [2.45, 2.75) is 32.9 Å². The normalized spacial score (nSPS) is 20.8. The molecule has 10 heavy (non-hydrogen) atoms. The van der Waals surface area contributed by atoms with E-state index in [-0.39, 0.29) is 5.66 Å². The van der Waals surface area contributed by atoms with Gasteiger partial charge in [-0.2, -0.15) is 0 Å². The van der Waals surface area contributed by atoms with E-state index in [1.165, 1.54) is 0 Å². The van der Waals surface area contributed by atoms with Crippen molar-refractivity contribution in [1.29, 1.82) is 0 Å². The van der Waals surface area contributed by atoms with Gasteiger partial charge in [0.25, 0.3) is 0 Å². The van der Waals surface area contributed by atoms with E-state index in [0.717, 1.165) is 6.42 Å². The van der Waals surface area contributed by atoms with E-state index < -0.39 is 0 Å². The molecule has 4 nitrogen and oxygen atoms in total. The van der Waals surface area contributed by atoms with Gasteiger partial charge >= 0.3 is 0 Å². The van der Waals surface area contributed by atoms with E-state index in [4.69, 9.17) is 0 Å². The summed E-state index contributed by atoms with van der Waals surface area (Å²) in [5, 5.41) is 15.0. The number of hydrogen-bond donors (Lipinski definition) is 0. The van der Waals surface area contributed by atoms with Gasteiger partial charge in [0.2, 0.25) is 0 Å². The molecule has 0 bridgehead atoms. The molecule has 0 saturated heterocycles. The van der Waals surface area contributed by atoms with Gasteiger partial charge < -0.3 is 0 Å². The molecule has 0 aliphatic carbocycles. The highest BCUT2D eigenvalue weighted by Gasteiger charge is 2.34. The third-order valence-electron chi connectivity index (χ3n) is 1.92. The predicted molar refractivity (Wildman–Crippen MR) is 37.6 cm³/mol. The van der Waals surface area contributed by atoms with Crippen LogP contribution < -0.4 is 0 Å². The summed E-state index contributed by atoms with van der Waals surface area (Å²) >= 11 is 0. The van der Waals surface area contributed by atoms with E-state index >= 15 is 0 Å². The van der Waals surface area contributed by atoms with Crippen LogP contribution in [0.2, 0.25) is 0 Å². The van der Waals surface area contributed by atoms with Crippen molar-refractivity contribution in [3.63, 3.8) is 0 Å². The minimum atomic E-state index is -0.347. The van der Waals surface area contributed by atoms with Crippen molar-refractivity contribution in [3.8, 4) is 0 Å². The second kappa shape index (κ2) is 2.44. The van der Waals surface area contributed by atoms with Crippen LogP contribution in [0, 0.1) is 5.92 Å². The molecule has 4 heteroatoms. The molecule has 0 aromatic rings. The highest BCUT2D eigenvalue weighted by atomic mass is 15.6. The Morgan fingerprint density at radius 1 is 1.20 bits per heavy atom. The van der Waals surface area contributed by atoms with Crippen molar-refractivity contribution in [2.75, 3.05) is 0 Å². The Balaban J connectivity index is 2.79. The molecule has 1 rings (SSSR count). The zero-order valence-corrected chi connectivity index (χ0v) is 6.57. The van der Waals surface area contributed by atoms with Crippen molar-refractivity contribution in [1.82, 2.24) is 0 Å². The lowest BCUT2D eigenvalue weighted by atomic mass is 9.95. The maximum Gasteiger partial charge on any atom is 0.197 e. The Morgan fingerprint density at radius 3 is 1.90 bits per heavy atom. The lowest BCUT2D eigenvalue weighted by Crippen LogP contribution is -2.27. The molecule has 0 amide bonds. The molecule has 1 aliphatic rings. The molecule has 0 fully saturated rings. The molecule has 1 aliphatic heterocycles. The SMILES string of the molecule is CCC1(C(C)C)N=NN=N1. The summed E-state index contributed by atoms with van der Waals surface area (Å²) in [5.41, 5.74) is -0.347. The van der Waals surface area contributed by atoms with E-state index in [1.807, 2.05) is 6.92 Å². The van der Waals surface area contributed by atoms with E-state index in [1.54, 1.807) is 0 Å². The van der Waals surface area contributed by atoms with Gasteiger partial charge in [-0.25, -0.2) is 0 Å². The summed E-state index contributed by atoms with van der Waals surface area (Å²) in [7, 11) is 0. The minimum absolute atomic E-state index is 0.347. The molecular formula is C6H12N4. The van der Waals surface area contributed by atoms with Gasteiger partial charge in [0.05, 0.1) is 0 Å². The lowest BCUT2D eigenvalue weighted by molar-refractivity contribution is 0.311. The van der Waals surface area contributed by atoms with Gasteiger partial charge in [-0.3, -0.25) is 0 Å². The van der Waals surface area contributed by atoms with Crippen molar-refractivity contribution in [3.05, 3.63) is 0 Å². The molecule has 1 heterocycles. The molecule has 0 aromatic heterocycles. The monoisotopic (exact) mass is 140 g/mol. The van der Waals surface area contributed by atoms with Crippen LogP contribution in [0.5, 0.6) is 0 Å². The number of hydrogen-bond acceptors (Lipinski definition) is 4. The van der Waals surface area contributed by atoms with Crippen molar-refractivity contribution >= 4 is 0 Å². The summed E-state index contributed by atoms with van der Waals surface area (Å²) in [6, 6.07) is 0. The molecule has 0 spiro atoms. The van der Waals surface area contributed by atoms with Gasteiger partial charge in [-0.1, -0.05) is 20.8 Å². The molecule has 0 N–H and O–H groups in total. The zero-order chi connectivity index (χ0) is 7.61. The van der Waals surface area contributed by atoms with Gasteiger partial charge in [-0.05, 0) is 16.9 Å². The largest absolute Gasteiger partial charge is 0.197 e. The van der Waals surface area contributed by atoms with Crippen LogP contribution in [0.1, 0.15) is 27.2 Å². The fraction of sp³-hybridized carbons (Fsp3) is 1.00. The van der Waals surface area contributed by atoms with E-state index in [2.05, 4.69) is 34.5 Å². The quantitative estimate of drug-likeness (QED) is 0.566. The highest BCUT2D eigenvalue weighted by Crippen LogP contribution is 2.31. The Bertz CT molecular complexity index is 159. The molecule has 0 unspecified atom stereocenters. The van der Waals surface area contributed by atoms with Crippen LogP contribution >= 0.6 is 0 Å². The van der Waals surface area contributed by atoms with Crippen LogP contribution in [0.3, 0.4) is 0 Å². The Labute approximate surface area is 60.4 Å². The summed E-state index contributed by atoms with van der Waals surface area (Å²) in [6.45, 7) is 6.20. The van der Waals surface area contributed by atoms with Crippen LogP contribution in [0.4, 0.5) is 0 Å².